The second-order valence-electron chi connectivity index (χ2n) is 6.17. The molecule has 1 aliphatic carbocycles. The molecule has 2 amide bonds. The van der Waals surface area contributed by atoms with Crippen molar-refractivity contribution in [3.05, 3.63) is 12.3 Å². The summed E-state index contributed by atoms with van der Waals surface area (Å²) in [5.41, 5.74) is 10.9. The summed E-state index contributed by atoms with van der Waals surface area (Å²) in [7, 11) is 0. The molecule has 1 heterocycles. The minimum atomic E-state index is -0.372. The molecule has 2 rings (SSSR count). The van der Waals surface area contributed by atoms with Gasteiger partial charge in [0, 0.05) is 31.6 Å². The third-order valence-electron chi connectivity index (χ3n) is 4.38. The Bertz CT molecular complexity index is 526. The number of nitrogens with two attached hydrogens (primary N) is 2. The summed E-state index contributed by atoms with van der Waals surface area (Å²) in [5, 5.41) is 7.02. The maximum absolute atomic E-state index is 12.2. The number of carbonyl (C=O) groups excluding carboxylic acids is 2. The van der Waals surface area contributed by atoms with Crippen molar-refractivity contribution in [2.24, 2.45) is 16.9 Å². The Morgan fingerprint density at radius 1 is 1.30 bits per heavy atom. The predicted molar refractivity (Wildman–Crippen MR) is 91.1 cm³/mol. The van der Waals surface area contributed by atoms with Crippen LogP contribution in [0.2, 0.25) is 0 Å². The van der Waals surface area contributed by atoms with Crippen LogP contribution in [0.3, 0.4) is 0 Å². The second kappa shape index (κ2) is 8.88. The van der Waals surface area contributed by atoms with Crippen molar-refractivity contribution >= 4 is 30.0 Å². The van der Waals surface area contributed by atoms with Crippen molar-refractivity contribution in [2.45, 2.75) is 51.5 Å². The van der Waals surface area contributed by atoms with Crippen LogP contribution in [-0.2, 0) is 16.1 Å². The molecule has 1 aliphatic rings. The van der Waals surface area contributed by atoms with Crippen LogP contribution in [0.1, 0.15) is 44.9 Å². The van der Waals surface area contributed by atoms with Gasteiger partial charge in [0.05, 0.1) is 0 Å². The molecular weight excluding hydrogens is 318 g/mol. The Kier molecular flexibility index (Phi) is 7.51. The van der Waals surface area contributed by atoms with E-state index in [1.807, 2.05) is 0 Å². The average molecular weight is 344 g/mol. The Morgan fingerprint density at radius 3 is 2.61 bits per heavy atom. The van der Waals surface area contributed by atoms with Crippen LogP contribution >= 0.6 is 12.4 Å². The zero-order valence-corrected chi connectivity index (χ0v) is 14.1. The predicted octanol–water partition coefficient (Wildman–Crippen LogP) is 1.42. The van der Waals surface area contributed by atoms with Gasteiger partial charge in [-0.25, -0.2) is 0 Å². The fourth-order valence-corrected chi connectivity index (χ4v) is 3.06. The Hall–Kier alpha value is -1.60. The fraction of sp³-hybridized carbons (Fsp3) is 0.667. The minimum Gasteiger partial charge on any atom is -0.370 e. The quantitative estimate of drug-likeness (QED) is 0.694. The molecular formula is C15H26ClN5O2. The van der Waals surface area contributed by atoms with Crippen LogP contribution in [0.25, 0.3) is 0 Å². The van der Waals surface area contributed by atoms with E-state index >= 15 is 0 Å². The molecule has 5 N–H and O–H groups in total. The summed E-state index contributed by atoms with van der Waals surface area (Å²) >= 11 is 0. The van der Waals surface area contributed by atoms with Crippen LogP contribution in [-0.4, -0.2) is 28.1 Å². The highest BCUT2D eigenvalue weighted by Gasteiger charge is 2.33. The molecule has 8 heteroatoms. The number of aryl methyl sites for hydroxylation is 1. The average Bonchev–Trinajstić information content (AvgIpc) is 2.93. The van der Waals surface area contributed by atoms with E-state index < -0.39 is 0 Å². The number of anilines is 1. The van der Waals surface area contributed by atoms with Crippen LogP contribution in [0.5, 0.6) is 0 Å². The zero-order valence-electron chi connectivity index (χ0n) is 13.3. The van der Waals surface area contributed by atoms with Crippen molar-refractivity contribution in [2.75, 3.05) is 11.9 Å². The monoisotopic (exact) mass is 343 g/mol. The van der Waals surface area contributed by atoms with Crippen LogP contribution in [0.4, 0.5) is 5.82 Å². The summed E-state index contributed by atoms with van der Waals surface area (Å²) in [5.74, 6) is 0.0771. The molecule has 0 spiro atoms. The lowest BCUT2D eigenvalue weighted by molar-refractivity contribution is -0.119. The first-order valence-corrected chi connectivity index (χ1v) is 7.85. The first kappa shape index (κ1) is 19.4. The van der Waals surface area contributed by atoms with E-state index in [0.29, 0.717) is 25.3 Å². The standard InChI is InChI=1S/C15H25N5O2.ClH/c16-11-15(6-2-1-3-7-15)10-14(22)18-13-5-9-20(19-13)8-4-12(17)21;/h5,9H,1-4,6-8,10-11,16H2,(H2,17,21)(H,18,19,22);1H. The summed E-state index contributed by atoms with van der Waals surface area (Å²) in [6, 6.07) is 1.72. The maximum Gasteiger partial charge on any atom is 0.226 e. The highest BCUT2D eigenvalue weighted by molar-refractivity contribution is 5.90. The minimum absolute atomic E-state index is 0. The SMILES string of the molecule is Cl.NCC1(CC(=O)Nc2ccn(CCC(N)=O)n2)CCCCC1. The zero-order chi connectivity index (χ0) is 16.0. The van der Waals surface area contributed by atoms with Gasteiger partial charge in [0.15, 0.2) is 5.82 Å². The third kappa shape index (κ3) is 5.84. The molecule has 0 aliphatic heterocycles. The number of nitrogens with one attached hydrogen (secondary N) is 1. The van der Waals surface area contributed by atoms with E-state index in [2.05, 4.69) is 10.4 Å². The smallest absolute Gasteiger partial charge is 0.226 e. The molecule has 1 aromatic rings. The molecule has 1 fully saturated rings. The van der Waals surface area contributed by atoms with Gasteiger partial charge in [-0.1, -0.05) is 19.3 Å². The number of amides is 2. The summed E-state index contributed by atoms with van der Waals surface area (Å²) < 4.78 is 1.60. The lowest BCUT2D eigenvalue weighted by Crippen LogP contribution is -2.36. The number of halogens is 1. The number of primary amides is 1. The van der Waals surface area contributed by atoms with Crippen molar-refractivity contribution < 1.29 is 9.59 Å². The summed E-state index contributed by atoms with van der Waals surface area (Å²) in [6.45, 7) is 0.964. The van der Waals surface area contributed by atoms with Gasteiger partial charge >= 0.3 is 0 Å². The van der Waals surface area contributed by atoms with E-state index in [0.717, 1.165) is 25.7 Å². The van der Waals surface area contributed by atoms with Gasteiger partial charge in [-0.15, -0.1) is 12.4 Å². The molecule has 0 saturated heterocycles. The first-order valence-electron chi connectivity index (χ1n) is 7.85. The lowest BCUT2D eigenvalue weighted by atomic mass is 9.71. The number of aromatic nitrogens is 2. The Labute approximate surface area is 142 Å². The number of hydrogen-bond acceptors (Lipinski definition) is 4. The van der Waals surface area contributed by atoms with Crippen molar-refractivity contribution in [1.29, 1.82) is 0 Å². The molecule has 0 unspecified atom stereocenters. The molecule has 1 saturated carbocycles. The van der Waals surface area contributed by atoms with Gasteiger partial charge in [0.2, 0.25) is 11.8 Å². The van der Waals surface area contributed by atoms with E-state index in [1.54, 1.807) is 16.9 Å². The van der Waals surface area contributed by atoms with Gasteiger partial charge in [0.25, 0.3) is 0 Å². The molecule has 0 radical (unpaired) electrons. The Morgan fingerprint density at radius 2 is 2.00 bits per heavy atom. The van der Waals surface area contributed by atoms with Crippen molar-refractivity contribution in [1.82, 2.24) is 9.78 Å². The third-order valence-corrected chi connectivity index (χ3v) is 4.38. The van der Waals surface area contributed by atoms with Crippen LogP contribution < -0.4 is 16.8 Å². The fourth-order valence-electron chi connectivity index (χ4n) is 3.06. The van der Waals surface area contributed by atoms with Gasteiger partial charge in [-0.3, -0.25) is 14.3 Å². The highest BCUT2D eigenvalue weighted by Crippen LogP contribution is 2.38. The Balaban J connectivity index is 0.00000264. The molecule has 130 valence electrons. The normalized spacial score (nSPS) is 16.4. The number of rotatable bonds is 7. The van der Waals surface area contributed by atoms with Gasteiger partial charge < -0.3 is 16.8 Å². The molecule has 7 nitrogen and oxygen atoms in total. The molecule has 0 bridgehead atoms. The van der Waals surface area contributed by atoms with E-state index in [1.165, 1.54) is 6.42 Å². The molecule has 0 atom stereocenters. The maximum atomic E-state index is 12.2. The molecule has 0 aromatic carbocycles. The molecule has 1 aromatic heterocycles. The number of carbonyl (C=O) groups is 2. The van der Waals surface area contributed by atoms with E-state index in [9.17, 15) is 9.59 Å². The number of nitrogens with zero attached hydrogens (tertiary/aromatic N) is 2. The van der Waals surface area contributed by atoms with Crippen LogP contribution in [0, 0.1) is 5.41 Å². The first-order chi connectivity index (χ1) is 10.5. The van der Waals surface area contributed by atoms with Crippen molar-refractivity contribution in [3.8, 4) is 0 Å². The highest BCUT2D eigenvalue weighted by atomic mass is 35.5. The van der Waals surface area contributed by atoms with Gasteiger partial charge in [-0.05, 0) is 24.8 Å². The number of hydrogen-bond donors (Lipinski definition) is 3. The summed E-state index contributed by atoms with van der Waals surface area (Å²) in [4.78, 5) is 23.0. The lowest BCUT2D eigenvalue weighted by Gasteiger charge is -2.35. The summed E-state index contributed by atoms with van der Waals surface area (Å²) in [6.07, 6.45) is 7.95. The van der Waals surface area contributed by atoms with Crippen LogP contribution in [0.15, 0.2) is 12.3 Å². The van der Waals surface area contributed by atoms with E-state index in [4.69, 9.17) is 11.5 Å². The second-order valence-corrected chi connectivity index (χ2v) is 6.17. The van der Waals surface area contributed by atoms with Crippen molar-refractivity contribution in [3.63, 3.8) is 0 Å². The van der Waals surface area contributed by atoms with Gasteiger partial charge in [0.1, 0.15) is 0 Å². The van der Waals surface area contributed by atoms with Gasteiger partial charge in [-0.2, -0.15) is 5.10 Å². The largest absolute Gasteiger partial charge is 0.370 e. The van der Waals surface area contributed by atoms with E-state index in [-0.39, 0.29) is 36.1 Å². The topological polar surface area (TPSA) is 116 Å². The molecule has 23 heavy (non-hydrogen) atoms.